The molecule has 2 aliphatic heterocycles. The number of fused-ring (bicyclic) bond motifs is 1. The molecule has 0 saturated heterocycles. The summed E-state index contributed by atoms with van der Waals surface area (Å²) in [6, 6.07) is 3.16. The maximum atomic E-state index is 14.3. The zero-order valence-electron chi connectivity index (χ0n) is 21.1. The van der Waals surface area contributed by atoms with Gasteiger partial charge in [-0.25, -0.2) is 14.4 Å². The van der Waals surface area contributed by atoms with Crippen molar-refractivity contribution in [1.29, 1.82) is 0 Å². The number of hydrogen-bond donors (Lipinski definition) is 1. The van der Waals surface area contributed by atoms with Gasteiger partial charge in [0.05, 0.1) is 12.1 Å². The number of allylic oxidation sites excluding steroid dienone is 3. The number of nitrogens with one attached hydrogen (secondary N) is 1. The van der Waals surface area contributed by atoms with Crippen LogP contribution in [0, 0.1) is 5.82 Å². The van der Waals surface area contributed by atoms with Crippen molar-refractivity contribution >= 4 is 17.5 Å². The van der Waals surface area contributed by atoms with Gasteiger partial charge >= 0.3 is 6.18 Å². The van der Waals surface area contributed by atoms with Gasteiger partial charge in [0.1, 0.15) is 29.1 Å². The largest absolute Gasteiger partial charge is 0.419 e. The minimum atomic E-state index is -4.77. The molecule has 10 heteroatoms. The second kappa shape index (κ2) is 11.9. The highest BCUT2D eigenvalue weighted by molar-refractivity contribution is 6.17. The highest BCUT2D eigenvalue weighted by Crippen LogP contribution is 2.32. The molecular formula is C27H30F4N6. The van der Waals surface area contributed by atoms with Crippen LogP contribution in [0.5, 0.6) is 0 Å². The molecule has 0 amide bonds. The number of alkyl halides is 3. The molecule has 0 fully saturated rings. The van der Waals surface area contributed by atoms with E-state index in [1.165, 1.54) is 6.07 Å². The number of nitrogens with zero attached hydrogens (tertiary/aromatic N) is 5. The maximum absolute atomic E-state index is 14.3. The van der Waals surface area contributed by atoms with Gasteiger partial charge in [-0.2, -0.15) is 13.2 Å². The van der Waals surface area contributed by atoms with Crippen molar-refractivity contribution in [2.24, 2.45) is 15.0 Å². The molecule has 1 N–H and O–H groups in total. The number of hydrogen-bond acceptors (Lipinski definition) is 4. The van der Waals surface area contributed by atoms with Crippen LogP contribution in [0.4, 0.5) is 17.6 Å². The molecule has 2 heterocycles. The molecule has 196 valence electrons. The van der Waals surface area contributed by atoms with Crippen LogP contribution in [0.1, 0.15) is 24.5 Å². The molecule has 0 atom stereocenters. The van der Waals surface area contributed by atoms with Gasteiger partial charge in [0.25, 0.3) is 0 Å². The monoisotopic (exact) mass is 514 g/mol. The van der Waals surface area contributed by atoms with Crippen LogP contribution in [0.25, 0.3) is 0 Å². The van der Waals surface area contributed by atoms with E-state index in [2.05, 4.69) is 39.5 Å². The summed E-state index contributed by atoms with van der Waals surface area (Å²) in [7, 11) is 3.89. The van der Waals surface area contributed by atoms with Crippen molar-refractivity contribution in [3.05, 3.63) is 95.8 Å². The van der Waals surface area contributed by atoms with Gasteiger partial charge in [0.2, 0.25) is 0 Å². The summed E-state index contributed by atoms with van der Waals surface area (Å²) >= 11 is 0. The van der Waals surface area contributed by atoms with Gasteiger partial charge in [-0.15, -0.1) is 0 Å². The molecule has 0 unspecified atom stereocenters. The molecule has 0 bridgehead atoms. The van der Waals surface area contributed by atoms with E-state index < -0.39 is 17.6 Å². The third-order valence-electron chi connectivity index (χ3n) is 5.50. The Labute approximate surface area is 214 Å². The van der Waals surface area contributed by atoms with Crippen LogP contribution >= 0.6 is 0 Å². The van der Waals surface area contributed by atoms with Crippen LogP contribution < -0.4 is 5.32 Å². The van der Waals surface area contributed by atoms with E-state index in [-0.39, 0.29) is 17.9 Å². The maximum Gasteiger partial charge on any atom is 0.419 e. The standard InChI is InChI=1S/C27H30F4N6/c1-6-8-20(13-15-36(4)5)22-11-12-24(37-16-14-32-26(22)37)35-19(3)34-18(2)33-17-21-9-7-10-23(25(21)28)27(29,30)31/h6-11,13,15,33H,1-2,12,14,16-17H2,3-5H3/b15-13-,20-8+,34-19?,35-24?. The molecule has 1 aromatic rings. The zero-order chi connectivity index (χ0) is 27.2. The van der Waals surface area contributed by atoms with Gasteiger partial charge in [-0.1, -0.05) is 43.5 Å². The lowest BCUT2D eigenvalue weighted by molar-refractivity contribution is -0.140. The molecule has 0 aromatic heterocycles. The Morgan fingerprint density at radius 3 is 2.73 bits per heavy atom. The Balaban J connectivity index is 1.74. The number of rotatable bonds is 8. The average molecular weight is 515 g/mol. The van der Waals surface area contributed by atoms with Crippen LogP contribution in [0.15, 0.2) is 93.8 Å². The second-order valence-electron chi connectivity index (χ2n) is 8.58. The third-order valence-corrected chi connectivity index (χ3v) is 5.50. The molecule has 0 radical (unpaired) electrons. The van der Waals surface area contributed by atoms with E-state index in [1.54, 1.807) is 13.0 Å². The second-order valence-corrected chi connectivity index (χ2v) is 8.58. The lowest BCUT2D eigenvalue weighted by Crippen LogP contribution is -2.38. The Hall–Kier alpha value is -3.95. The van der Waals surface area contributed by atoms with Gasteiger partial charge in [-0.05, 0) is 30.8 Å². The van der Waals surface area contributed by atoms with Crippen molar-refractivity contribution in [2.75, 3.05) is 27.2 Å². The number of amidine groups is 3. The highest BCUT2D eigenvalue weighted by Gasteiger charge is 2.34. The van der Waals surface area contributed by atoms with E-state index in [1.807, 2.05) is 42.2 Å². The van der Waals surface area contributed by atoms with Crippen molar-refractivity contribution < 1.29 is 17.6 Å². The predicted molar refractivity (Wildman–Crippen MR) is 141 cm³/mol. The summed E-state index contributed by atoms with van der Waals surface area (Å²) in [6.07, 6.45) is 5.48. The van der Waals surface area contributed by atoms with E-state index in [9.17, 15) is 17.6 Å². The minimum absolute atomic E-state index is 0.135. The van der Waals surface area contributed by atoms with Crippen molar-refractivity contribution in [1.82, 2.24) is 15.1 Å². The molecule has 1 aromatic carbocycles. The molecule has 3 rings (SSSR count). The number of aliphatic imine (C=N–C) groups is 3. The van der Waals surface area contributed by atoms with E-state index >= 15 is 0 Å². The summed E-state index contributed by atoms with van der Waals surface area (Å²) in [5, 5.41) is 2.76. The zero-order valence-corrected chi connectivity index (χ0v) is 21.1. The van der Waals surface area contributed by atoms with Crippen molar-refractivity contribution in [2.45, 2.75) is 26.1 Å². The van der Waals surface area contributed by atoms with Gasteiger partial charge < -0.3 is 15.1 Å². The minimum Gasteiger partial charge on any atom is -0.383 e. The summed E-state index contributed by atoms with van der Waals surface area (Å²) < 4.78 is 53.1. The van der Waals surface area contributed by atoms with E-state index in [4.69, 9.17) is 0 Å². The Morgan fingerprint density at radius 1 is 1.30 bits per heavy atom. The van der Waals surface area contributed by atoms with Gasteiger partial charge in [0, 0.05) is 44.7 Å². The molecule has 0 spiro atoms. The lowest BCUT2D eigenvalue weighted by Gasteiger charge is -2.28. The summed E-state index contributed by atoms with van der Waals surface area (Å²) in [5.74, 6) is 0.839. The smallest absolute Gasteiger partial charge is 0.383 e. The fourth-order valence-electron chi connectivity index (χ4n) is 3.85. The van der Waals surface area contributed by atoms with E-state index in [0.717, 1.165) is 28.9 Å². The third kappa shape index (κ3) is 7.05. The Bertz CT molecular complexity index is 1230. The molecule has 6 nitrogen and oxygen atoms in total. The highest BCUT2D eigenvalue weighted by atomic mass is 19.4. The van der Waals surface area contributed by atoms with Gasteiger partial charge in [0.15, 0.2) is 0 Å². The van der Waals surface area contributed by atoms with E-state index in [0.29, 0.717) is 31.4 Å². The average Bonchev–Trinajstić information content (AvgIpc) is 3.31. The van der Waals surface area contributed by atoms with Gasteiger partial charge in [-0.3, -0.25) is 4.99 Å². The topological polar surface area (TPSA) is 55.6 Å². The van der Waals surface area contributed by atoms with Crippen LogP contribution in [0.3, 0.4) is 0 Å². The molecular weight excluding hydrogens is 484 g/mol. The first-order valence-corrected chi connectivity index (χ1v) is 11.6. The first-order chi connectivity index (χ1) is 17.5. The fourth-order valence-corrected chi connectivity index (χ4v) is 3.85. The Kier molecular flexibility index (Phi) is 8.86. The fraction of sp³-hybridized carbons (Fsp3) is 0.296. The summed E-state index contributed by atoms with van der Waals surface area (Å²) in [5.41, 5.74) is 0.542. The first kappa shape index (κ1) is 27.6. The summed E-state index contributed by atoms with van der Waals surface area (Å²) in [4.78, 5) is 17.6. The van der Waals surface area contributed by atoms with Crippen molar-refractivity contribution in [3.8, 4) is 0 Å². The first-order valence-electron chi connectivity index (χ1n) is 11.6. The quantitative estimate of drug-likeness (QED) is 0.217. The van der Waals surface area contributed by atoms with Crippen LogP contribution in [0.2, 0.25) is 0 Å². The summed E-state index contributed by atoms with van der Waals surface area (Å²) in [6.45, 7) is 10.4. The molecule has 0 aliphatic carbocycles. The Morgan fingerprint density at radius 2 is 2.05 bits per heavy atom. The van der Waals surface area contributed by atoms with Crippen molar-refractivity contribution in [3.63, 3.8) is 0 Å². The lowest BCUT2D eigenvalue weighted by atomic mass is 9.98. The molecule has 0 saturated carbocycles. The molecule has 37 heavy (non-hydrogen) atoms. The number of benzene rings is 1. The number of halogens is 4. The molecule has 2 aliphatic rings. The predicted octanol–water partition coefficient (Wildman–Crippen LogP) is 5.45. The van der Waals surface area contributed by atoms with Crippen LogP contribution in [-0.2, 0) is 12.7 Å². The normalized spacial score (nSPS) is 17.6. The van der Waals surface area contributed by atoms with Crippen LogP contribution in [-0.4, -0.2) is 54.5 Å². The SMILES string of the molecule is C=C/C=C(\C=C/N(C)C)C1=CCC(=NC(C)=NC(=C)NCc2cccc(C(F)(F)F)c2F)N2CCN=C12.